The van der Waals surface area contributed by atoms with Crippen LogP contribution < -0.4 is 0 Å². The molecule has 84 valence electrons. The lowest BCUT2D eigenvalue weighted by Gasteiger charge is -2.00. The van der Waals surface area contributed by atoms with E-state index < -0.39 is 6.10 Å². The fourth-order valence-electron chi connectivity index (χ4n) is 1.36. The third-order valence-corrected chi connectivity index (χ3v) is 2.24. The van der Waals surface area contributed by atoms with Crippen LogP contribution in [-0.2, 0) is 6.54 Å². The number of aliphatic hydroxyl groups excluding tert-OH is 1. The van der Waals surface area contributed by atoms with Gasteiger partial charge in [-0.25, -0.2) is 9.07 Å². The highest BCUT2D eigenvalue weighted by Gasteiger charge is 2.06. The first-order valence-corrected chi connectivity index (χ1v) is 4.97. The normalized spacial score (nSPS) is 12.7. The van der Waals surface area contributed by atoms with Crippen LogP contribution >= 0.6 is 0 Å². The van der Waals surface area contributed by atoms with E-state index in [4.69, 9.17) is 0 Å². The maximum absolute atomic E-state index is 12.7. The SMILES string of the molecule is CC(O)c1cn(Cc2ccc(F)cc2)nn1. The summed E-state index contributed by atoms with van der Waals surface area (Å²) >= 11 is 0. The molecule has 0 bridgehead atoms. The van der Waals surface area contributed by atoms with Gasteiger partial charge < -0.3 is 5.11 Å². The highest BCUT2D eigenvalue weighted by Crippen LogP contribution is 2.08. The minimum atomic E-state index is -0.623. The maximum Gasteiger partial charge on any atom is 0.123 e. The molecule has 0 aliphatic heterocycles. The average Bonchev–Trinajstić information content (AvgIpc) is 2.70. The Morgan fingerprint density at radius 1 is 1.38 bits per heavy atom. The van der Waals surface area contributed by atoms with Gasteiger partial charge in [0.1, 0.15) is 11.5 Å². The molecule has 4 nitrogen and oxygen atoms in total. The van der Waals surface area contributed by atoms with Crippen molar-refractivity contribution in [3.8, 4) is 0 Å². The standard InChI is InChI=1S/C11H12FN3O/c1-8(16)11-7-15(14-13-11)6-9-2-4-10(12)5-3-9/h2-5,7-8,16H,6H2,1H3. The van der Waals surface area contributed by atoms with Gasteiger partial charge in [-0.05, 0) is 24.6 Å². The minimum absolute atomic E-state index is 0.257. The van der Waals surface area contributed by atoms with Gasteiger partial charge in [0.2, 0.25) is 0 Å². The van der Waals surface area contributed by atoms with Crippen molar-refractivity contribution in [2.24, 2.45) is 0 Å². The molecule has 2 aromatic rings. The highest BCUT2D eigenvalue weighted by atomic mass is 19.1. The first kappa shape index (κ1) is 10.8. The van der Waals surface area contributed by atoms with Crippen LogP contribution in [0, 0.1) is 5.82 Å². The summed E-state index contributed by atoms with van der Waals surface area (Å²) < 4.78 is 14.3. The smallest absolute Gasteiger partial charge is 0.123 e. The largest absolute Gasteiger partial charge is 0.387 e. The molecule has 0 aliphatic carbocycles. The van der Waals surface area contributed by atoms with Crippen LogP contribution in [0.3, 0.4) is 0 Å². The number of nitrogens with zero attached hydrogens (tertiary/aromatic N) is 3. The van der Waals surface area contributed by atoms with Gasteiger partial charge in [-0.15, -0.1) is 5.10 Å². The lowest BCUT2D eigenvalue weighted by atomic mass is 10.2. The topological polar surface area (TPSA) is 50.9 Å². The van der Waals surface area contributed by atoms with Gasteiger partial charge in [-0.2, -0.15) is 0 Å². The second kappa shape index (κ2) is 4.40. The summed E-state index contributed by atoms with van der Waals surface area (Å²) in [6.07, 6.45) is 1.05. The van der Waals surface area contributed by atoms with Crippen LogP contribution in [0.15, 0.2) is 30.5 Å². The summed E-state index contributed by atoms with van der Waals surface area (Å²) in [4.78, 5) is 0. The van der Waals surface area contributed by atoms with Gasteiger partial charge in [-0.3, -0.25) is 0 Å². The second-order valence-electron chi connectivity index (χ2n) is 3.64. The van der Waals surface area contributed by atoms with Crippen LogP contribution in [0.25, 0.3) is 0 Å². The van der Waals surface area contributed by atoms with E-state index in [0.29, 0.717) is 12.2 Å². The molecule has 1 atom stereocenters. The van der Waals surface area contributed by atoms with Crippen molar-refractivity contribution in [2.75, 3.05) is 0 Å². The number of hydrogen-bond acceptors (Lipinski definition) is 3. The van der Waals surface area contributed by atoms with E-state index in [2.05, 4.69) is 10.3 Å². The van der Waals surface area contributed by atoms with E-state index in [1.54, 1.807) is 29.9 Å². The fraction of sp³-hybridized carbons (Fsp3) is 0.273. The quantitative estimate of drug-likeness (QED) is 0.854. The van der Waals surface area contributed by atoms with Gasteiger partial charge >= 0.3 is 0 Å². The predicted octanol–water partition coefficient (Wildman–Crippen LogP) is 1.52. The van der Waals surface area contributed by atoms with Crippen molar-refractivity contribution >= 4 is 0 Å². The van der Waals surface area contributed by atoms with Gasteiger partial charge in [-0.1, -0.05) is 17.3 Å². The molecule has 1 N–H and O–H groups in total. The van der Waals surface area contributed by atoms with Crippen molar-refractivity contribution in [1.29, 1.82) is 0 Å². The molecule has 0 amide bonds. The lowest BCUT2D eigenvalue weighted by Crippen LogP contribution is -2.00. The van der Waals surface area contributed by atoms with E-state index in [1.165, 1.54) is 12.1 Å². The molecule has 5 heteroatoms. The van der Waals surface area contributed by atoms with Crippen LogP contribution in [0.1, 0.15) is 24.3 Å². The van der Waals surface area contributed by atoms with Crippen molar-refractivity contribution in [2.45, 2.75) is 19.6 Å². The molecule has 2 rings (SSSR count). The summed E-state index contributed by atoms with van der Waals surface area (Å²) in [6.45, 7) is 2.15. The Hall–Kier alpha value is -1.75. The first-order chi connectivity index (χ1) is 7.65. The number of aliphatic hydroxyl groups is 1. The van der Waals surface area contributed by atoms with E-state index in [-0.39, 0.29) is 5.82 Å². The molecular weight excluding hydrogens is 209 g/mol. The summed E-state index contributed by atoms with van der Waals surface area (Å²) in [7, 11) is 0. The third kappa shape index (κ3) is 2.43. The van der Waals surface area contributed by atoms with Crippen LogP contribution in [0.4, 0.5) is 4.39 Å². The Balaban J connectivity index is 2.11. The first-order valence-electron chi connectivity index (χ1n) is 4.97. The Bertz CT molecular complexity index is 464. The molecule has 0 radical (unpaired) electrons. The minimum Gasteiger partial charge on any atom is -0.387 e. The zero-order valence-electron chi connectivity index (χ0n) is 8.84. The molecule has 1 aromatic heterocycles. The Kier molecular flexibility index (Phi) is 2.96. The van der Waals surface area contributed by atoms with Crippen molar-refractivity contribution in [3.63, 3.8) is 0 Å². The van der Waals surface area contributed by atoms with Gasteiger partial charge in [0.25, 0.3) is 0 Å². The molecule has 0 saturated carbocycles. The molecule has 0 saturated heterocycles. The van der Waals surface area contributed by atoms with Crippen molar-refractivity contribution in [1.82, 2.24) is 15.0 Å². The molecule has 0 fully saturated rings. The van der Waals surface area contributed by atoms with Crippen molar-refractivity contribution < 1.29 is 9.50 Å². The van der Waals surface area contributed by atoms with Crippen molar-refractivity contribution in [3.05, 3.63) is 47.5 Å². The van der Waals surface area contributed by atoms with E-state index in [9.17, 15) is 9.50 Å². The summed E-state index contributed by atoms with van der Waals surface area (Å²) in [6, 6.07) is 6.20. The molecule has 1 heterocycles. The van der Waals surface area contributed by atoms with Crippen LogP contribution in [0.2, 0.25) is 0 Å². The highest BCUT2D eigenvalue weighted by molar-refractivity contribution is 5.16. The fourth-order valence-corrected chi connectivity index (χ4v) is 1.36. The molecule has 1 aromatic carbocycles. The van der Waals surface area contributed by atoms with Gasteiger partial charge in [0.05, 0.1) is 18.8 Å². The number of benzene rings is 1. The molecule has 0 aliphatic rings. The van der Waals surface area contributed by atoms with Crippen LogP contribution in [-0.4, -0.2) is 20.1 Å². The summed E-state index contributed by atoms with van der Waals surface area (Å²) in [5, 5.41) is 17.0. The summed E-state index contributed by atoms with van der Waals surface area (Å²) in [5.41, 5.74) is 1.46. The van der Waals surface area contributed by atoms with Gasteiger partial charge in [0, 0.05) is 0 Å². The van der Waals surface area contributed by atoms with Crippen LogP contribution in [0.5, 0.6) is 0 Å². The van der Waals surface area contributed by atoms with Gasteiger partial charge in [0.15, 0.2) is 0 Å². The molecule has 1 unspecified atom stereocenters. The average molecular weight is 221 g/mol. The molecule has 0 spiro atoms. The number of hydrogen-bond donors (Lipinski definition) is 1. The maximum atomic E-state index is 12.7. The Morgan fingerprint density at radius 3 is 2.62 bits per heavy atom. The number of aromatic nitrogens is 3. The second-order valence-corrected chi connectivity index (χ2v) is 3.64. The summed E-state index contributed by atoms with van der Waals surface area (Å²) in [5.74, 6) is -0.257. The number of rotatable bonds is 3. The van der Waals surface area contributed by atoms with E-state index in [0.717, 1.165) is 5.56 Å². The lowest BCUT2D eigenvalue weighted by molar-refractivity contribution is 0.194. The zero-order chi connectivity index (χ0) is 11.5. The Labute approximate surface area is 92.3 Å². The van der Waals surface area contributed by atoms with E-state index >= 15 is 0 Å². The molecule has 16 heavy (non-hydrogen) atoms. The number of halogens is 1. The zero-order valence-corrected chi connectivity index (χ0v) is 8.84. The molecular formula is C11H12FN3O. The van der Waals surface area contributed by atoms with E-state index in [1.807, 2.05) is 0 Å². The predicted molar refractivity (Wildman–Crippen MR) is 56.2 cm³/mol. The third-order valence-electron chi connectivity index (χ3n) is 2.24. The monoisotopic (exact) mass is 221 g/mol. The Morgan fingerprint density at radius 2 is 2.06 bits per heavy atom.